The number of benzene rings is 1. The number of imidazole rings is 1. The molecule has 18 heavy (non-hydrogen) atoms. The SMILES string of the molecule is CNCc1nc(C)c(-c2cccc(OC)c2)n1C. The van der Waals surface area contributed by atoms with E-state index in [0.717, 1.165) is 35.1 Å². The molecule has 2 rings (SSSR count). The van der Waals surface area contributed by atoms with Crippen molar-refractivity contribution in [3.8, 4) is 17.0 Å². The predicted octanol–water partition coefficient (Wildman–Crippen LogP) is 2.12. The average molecular weight is 245 g/mol. The van der Waals surface area contributed by atoms with Crippen molar-refractivity contribution >= 4 is 0 Å². The quantitative estimate of drug-likeness (QED) is 0.896. The Morgan fingerprint density at radius 3 is 2.83 bits per heavy atom. The van der Waals surface area contributed by atoms with Crippen molar-refractivity contribution in [1.82, 2.24) is 14.9 Å². The molecule has 0 radical (unpaired) electrons. The molecule has 0 saturated carbocycles. The van der Waals surface area contributed by atoms with Gasteiger partial charge in [-0.1, -0.05) is 12.1 Å². The van der Waals surface area contributed by atoms with Crippen LogP contribution in [0.4, 0.5) is 0 Å². The number of hydrogen-bond acceptors (Lipinski definition) is 3. The average Bonchev–Trinajstić information content (AvgIpc) is 2.65. The van der Waals surface area contributed by atoms with Gasteiger partial charge in [-0.25, -0.2) is 4.98 Å². The number of rotatable bonds is 4. The van der Waals surface area contributed by atoms with Gasteiger partial charge >= 0.3 is 0 Å². The fraction of sp³-hybridized carbons (Fsp3) is 0.357. The molecule has 1 aromatic carbocycles. The van der Waals surface area contributed by atoms with E-state index in [-0.39, 0.29) is 0 Å². The van der Waals surface area contributed by atoms with E-state index in [9.17, 15) is 0 Å². The summed E-state index contributed by atoms with van der Waals surface area (Å²) in [6.07, 6.45) is 0. The van der Waals surface area contributed by atoms with Crippen LogP contribution in [0.3, 0.4) is 0 Å². The Morgan fingerprint density at radius 1 is 1.39 bits per heavy atom. The van der Waals surface area contributed by atoms with Crippen LogP contribution in [-0.2, 0) is 13.6 Å². The minimum absolute atomic E-state index is 0.765. The lowest BCUT2D eigenvalue weighted by Gasteiger charge is -2.08. The normalized spacial score (nSPS) is 10.7. The second-order valence-corrected chi connectivity index (χ2v) is 4.28. The van der Waals surface area contributed by atoms with Gasteiger partial charge in [0.15, 0.2) is 0 Å². The van der Waals surface area contributed by atoms with Crippen LogP contribution >= 0.6 is 0 Å². The fourth-order valence-electron chi connectivity index (χ4n) is 2.18. The van der Waals surface area contributed by atoms with Crippen molar-refractivity contribution in [1.29, 1.82) is 0 Å². The van der Waals surface area contributed by atoms with Gasteiger partial charge in [-0.05, 0) is 26.1 Å². The smallest absolute Gasteiger partial charge is 0.123 e. The van der Waals surface area contributed by atoms with Gasteiger partial charge in [0.1, 0.15) is 11.6 Å². The third kappa shape index (κ3) is 2.24. The van der Waals surface area contributed by atoms with Crippen LogP contribution in [-0.4, -0.2) is 23.7 Å². The standard InChI is InChI=1S/C14H19N3O/c1-10-14(17(3)13(16-10)9-15-2)11-6-5-7-12(8-11)18-4/h5-8,15H,9H2,1-4H3. The number of aryl methyl sites for hydroxylation is 1. The number of methoxy groups -OCH3 is 1. The van der Waals surface area contributed by atoms with Crippen molar-refractivity contribution in [2.24, 2.45) is 7.05 Å². The maximum atomic E-state index is 5.27. The molecule has 0 bridgehead atoms. The molecule has 1 heterocycles. The highest BCUT2D eigenvalue weighted by Gasteiger charge is 2.13. The Bertz CT molecular complexity index is 546. The summed E-state index contributed by atoms with van der Waals surface area (Å²) in [6.45, 7) is 2.80. The molecule has 2 aromatic rings. The summed E-state index contributed by atoms with van der Waals surface area (Å²) in [5.74, 6) is 1.90. The van der Waals surface area contributed by atoms with Crippen LogP contribution in [0.1, 0.15) is 11.5 Å². The molecule has 0 aliphatic carbocycles. The molecule has 0 fully saturated rings. The molecule has 96 valence electrons. The van der Waals surface area contributed by atoms with Gasteiger partial charge in [-0.15, -0.1) is 0 Å². The second kappa shape index (κ2) is 5.23. The highest BCUT2D eigenvalue weighted by atomic mass is 16.5. The highest BCUT2D eigenvalue weighted by molar-refractivity contribution is 5.64. The van der Waals surface area contributed by atoms with Crippen LogP contribution in [0.2, 0.25) is 0 Å². The monoisotopic (exact) mass is 245 g/mol. The number of nitrogens with one attached hydrogen (secondary N) is 1. The van der Waals surface area contributed by atoms with Crippen LogP contribution in [0.25, 0.3) is 11.3 Å². The maximum absolute atomic E-state index is 5.27. The summed E-state index contributed by atoms with van der Waals surface area (Å²) in [4.78, 5) is 4.59. The van der Waals surface area contributed by atoms with Crippen molar-refractivity contribution in [2.75, 3.05) is 14.2 Å². The van der Waals surface area contributed by atoms with Crippen molar-refractivity contribution in [3.05, 3.63) is 35.8 Å². The van der Waals surface area contributed by atoms with E-state index in [4.69, 9.17) is 4.74 Å². The highest BCUT2D eigenvalue weighted by Crippen LogP contribution is 2.27. The van der Waals surface area contributed by atoms with Crippen molar-refractivity contribution in [3.63, 3.8) is 0 Å². The van der Waals surface area contributed by atoms with Crippen LogP contribution in [0, 0.1) is 6.92 Å². The van der Waals surface area contributed by atoms with Gasteiger partial charge in [0, 0.05) is 12.6 Å². The van der Waals surface area contributed by atoms with Crippen LogP contribution < -0.4 is 10.1 Å². The summed E-state index contributed by atoms with van der Waals surface area (Å²) in [7, 11) is 5.65. The Kier molecular flexibility index (Phi) is 3.67. The second-order valence-electron chi connectivity index (χ2n) is 4.28. The molecule has 0 atom stereocenters. The molecule has 0 unspecified atom stereocenters. The van der Waals surface area contributed by atoms with Gasteiger partial charge in [-0.3, -0.25) is 0 Å². The molecular weight excluding hydrogens is 226 g/mol. The molecule has 0 aliphatic heterocycles. The molecule has 1 aromatic heterocycles. The molecule has 0 aliphatic rings. The predicted molar refractivity (Wildman–Crippen MR) is 72.7 cm³/mol. The summed E-state index contributed by atoms with van der Waals surface area (Å²) in [5.41, 5.74) is 3.30. The lowest BCUT2D eigenvalue weighted by atomic mass is 10.1. The van der Waals surface area contributed by atoms with Gasteiger partial charge in [0.05, 0.1) is 25.0 Å². The Hall–Kier alpha value is -1.81. The Morgan fingerprint density at radius 2 is 2.17 bits per heavy atom. The van der Waals surface area contributed by atoms with E-state index in [0.29, 0.717) is 0 Å². The first-order chi connectivity index (χ1) is 8.67. The van der Waals surface area contributed by atoms with E-state index in [1.165, 1.54) is 0 Å². The molecule has 0 amide bonds. The molecular formula is C14H19N3O. The third-order valence-corrected chi connectivity index (χ3v) is 3.04. The van der Waals surface area contributed by atoms with Gasteiger partial charge in [-0.2, -0.15) is 0 Å². The van der Waals surface area contributed by atoms with E-state index in [1.807, 2.05) is 39.2 Å². The minimum Gasteiger partial charge on any atom is -0.497 e. The maximum Gasteiger partial charge on any atom is 0.123 e. The van der Waals surface area contributed by atoms with E-state index < -0.39 is 0 Å². The zero-order valence-electron chi connectivity index (χ0n) is 11.3. The fourth-order valence-corrected chi connectivity index (χ4v) is 2.18. The van der Waals surface area contributed by atoms with Gasteiger partial charge in [0.25, 0.3) is 0 Å². The minimum atomic E-state index is 0.765. The van der Waals surface area contributed by atoms with E-state index in [1.54, 1.807) is 7.11 Å². The number of hydrogen-bond donors (Lipinski definition) is 1. The first-order valence-electron chi connectivity index (χ1n) is 5.98. The topological polar surface area (TPSA) is 39.1 Å². The zero-order chi connectivity index (χ0) is 13.1. The van der Waals surface area contributed by atoms with E-state index >= 15 is 0 Å². The van der Waals surface area contributed by atoms with Gasteiger partial charge in [0.2, 0.25) is 0 Å². The first kappa shape index (κ1) is 12.6. The molecule has 4 heteroatoms. The largest absolute Gasteiger partial charge is 0.497 e. The third-order valence-electron chi connectivity index (χ3n) is 3.04. The summed E-state index contributed by atoms with van der Waals surface area (Å²) < 4.78 is 7.39. The lowest BCUT2D eigenvalue weighted by molar-refractivity contribution is 0.415. The number of aromatic nitrogens is 2. The summed E-state index contributed by atoms with van der Waals surface area (Å²) in [5, 5.41) is 3.13. The lowest BCUT2D eigenvalue weighted by Crippen LogP contribution is -2.10. The molecule has 0 spiro atoms. The molecule has 1 N–H and O–H groups in total. The van der Waals surface area contributed by atoms with Crippen LogP contribution in [0.15, 0.2) is 24.3 Å². The number of ether oxygens (including phenoxy) is 1. The van der Waals surface area contributed by atoms with Crippen molar-refractivity contribution < 1.29 is 4.74 Å². The first-order valence-corrected chi connectivity index (χ1v) is 5.98. The van der Waals surface area contributed by atoms with Crippen LogP contribution in [0.5, 0.6) is 5.75 Å². The number of nitrogens with zero attached hydrogens (tertiary/aromatic N) is 2. The van der Waals surface area contributed by atoms with E-state index in [2.05, 4.69) is 20.9 Å². The molecule has 4 nitrogen and oxygen atoms in total. The Balaban J connectivity index is 2.49. The molecule has 0 saturated heterocycles. The summed E-state index contributed by atoms with van der Waals surface area (Å²) in [6, 6.07) is 8.06. The van der Waals surface area contributed by atoms with Gasteiger partial charge < -0.3 is 14.6 Å². The zero-order valence-corrected chi connectivity index (χ0v) is 11.3. The summed E-state index contributed by atoms with van der Waals surface area (Å²) >= 11 is 0. The van der Waals surface area contributed by atoms with Crippen molar-refractivity contribution in [2.45, 2.75) is 13.5 Å². The Labute approximate surface area is 108 Å².